The number of hydrogen-bond donors (Lipinski definition) is 1. The van der Waals surface area contributed by atoms with E-state index in [1.807, 2.05) is 0 Å². The highest BCUT2D eigenvalue weighted by Crippen LogP contribution is 2.49. The van der Waals surface area contributed by atoms with Gasteiger partial charge in [-0.25, -0.2) is 0 Å². The largest absolute Gasteiger partial charge is 0.456 e. The smallest absolute Gasteiger partial charge is 0.198 e. The lowest BCUT2D eigenvalue weighted by Gasteiger charge is -2.37. The lowest BCUT2D eigenvalue weighted by Crippen LogP contribution is -2.41. The zero-order chi connectivity index (χ0) is 54.1. The van der Waals surface area contributed by atoms with E-state index in [0.29, 0.717) is 7.28 Å². The molecule has 0 radical (unpaired) electrons. The minimum atomic E-state index is -0.0178. The fourth-order valence-electron chi connectivity index (χ4n) is 11.4. The van der Waals surface area contributed by atoms with Crippen molar-refractivity contribution in [3.63, 3.8) is 0 Å². The number of rotatable bonds is 9. The van der Waals surface area contributed by atoms with Crippen molar-refractivity contribution in [2.45, 2.75) is 85.5 Å². The molecule has 0 saturated carbocycles. The molecule has 4 nitrogen and oxygen atoms in total. The molecule has 1 aliphatic heterocycles. The van der Waals surface area contributed by atoms with Gasteiger partial charge in [-0.15, -0.1) is 0 Å². The third-order valence-corrected chi connectivity index (χ3v) is 15.9. The van der Waals surface area contributed by atoms with Crippen molar-refractivity contribution in [1.82, 2.24) is 0 Å². The van der Waals surface area contributed by atoms with Gasteiger partial charge in [0.25, 0.3) is 0 Å². The Labute approximate surface area is 462 Å². The number of benzene rings is 10. The summed E-state index contributed by atoms with van der Waals surface area (Å²) in [6.07, 6.45) is 0. The number of furan rings is 1. The van der Waals surface area contributed by atoms with E-state index in [-0.39, 0.29) is 16.2 Å². The molecule has 0 fully saturated rings. The molecule has 1 aliphatic rings. The van der Waals surface area contributed by atoms with E-state index in [1.54, 1.807) is 0 Å². The molecule has 384 valence electrons. The van der Waals surface area contributed by atoms with Crippen LogP contribution >= 0.6 is 0 Å². The van der Waals surface area contributed by atoms with E-state index in [1.165, 1.54) is 61.1 Å². The zero-order valence-corrected chi connectivity index (χ0v) is 46.8. The SMILES string of the molecule is Cc1cc(C(C)(C)C)ccc1N1c2cc(-c3ccccc3)ccc2Bc2c(-c3cc(N(c4ccc(C(C)(C)C)cc4)c4ccc(C(C)(C)C)cc4)ccc3Nc3ccc(-c4ccccc4)cc3)cc3oc4ccccc4c3c21. The summed E-state index contributed by atoms with van der Waals surface area (Å²) in [4.78, 5) is 4.98. The van der Waals surface area contributed by atoms with E-state index in [9.17, 15) is 0 Å². The van der Waals surface area contributed by atoms with Gasteiger partial charge in [-0.05, 0) is 158 Å². The van der Waals surface area contributed by atoms with Crippen molar-refractivity contribution in [1.29, 1.82) is 0 Å². The first-order valence-electron chi connectivity index (χ1n) is 27.6. The zero-order valence-electron chi connectivity index (χ0n) is 46.8. The minimum Gasteiger partial charge on any atom is -0.456 e. The molecular formula is C73H68BN3O. The number of aryl methyl sites for hydroxylation is 1. The Morgan fingerprint density at radius 3 is 1.58 bits per heavy atom. The van der Waals surface area contributed by atoms with Crippen molar-refractivity contribution >= 4 is 85.6 Å². The van der Waals surface area contributed by atoms with Crippen molar-refractivity contribution in [2.75, 3.05) is 15.1 Å². The summed E-state index contributed by atoms with van der Waals surface area (Å²) < 4.78 is 7.09. The van der Waals surface area contributed by atoms with Crippen molar-refractivity contribution in [2.24, 2.45) is 0 Å². The quantitative estimate of drug-likeness (QED) is 0.146. The molecule has 2 heterocycles. The van der Waals surface area contributed by atoms with Gasteiger partial charge in [0, 0.05) is 50.8 Å². The maximum atomic E-state index is 7.09. The van der Waals surface area contributed by atoms with Gasteiger partial charge in [0.05, 0.1) is 11.1 Å². The van der Waals surface area contributed by atoms with Crippen LogP contribution in [0.1, 0.15) is 84.6 Å². The topological polar surface area (TPSA) is 31.6 Å². The molecule has 1 aromatic heterocycles. The first-order chi connectivity index (χ1) is 37.5. The molecule has 0 bridgehead atoms. The molecule has 0 saturated heterocycles. The molecule has 12 rings (SSSR count). The van der Waals surface area contributed by atoms with Gasteiger partial charge in [-0.1, -0.05) is 207 Å². The fraction of sp³-hybridized carbons (Fsp3) is 0.178. The Morgan fingerprint density at radius 2 is 0.974 bits per heavy atom. The maximum absolute atomic E-state index is 7.09. The second-order valence-corrected chi connectivity index (χ2v) is 24.4. The summed E-state index contributed by atoms with van der Waals surface area (Å²) >= 11 is 0. The summed E-state index contributed by atoms with van der Waals surface area (Å²) in [6, 6.07) is 80.5. The van der Waals surface area contributed by atoms with E-state index >= 15 is 0 Å². The third kappa shape index (κ3) is 9.46. The molecule has 5 heteroatoms. The van der Waals surface area contributed by atoms with Gasteiger partial charge in [-0.2, -0.15) is 0 Å². The Kier molecular flexibility index (Phi) is 12.6. The number of hydrogen-bond acceptors (Lipinski definition) is 4. The normalized spacial score (nSPS) is 12.6. The molecule has 0 aliphatic carbocycles. The first-order valence-corrected chi connectivity index (χ1v) is 27.6. The van der Waals surface area contributed by atoms with Gasteiger partial charge in [0.2, 0.25) is 0 Å². The van der Waals surface area contributed by atoms with Crippen LogP contribution in [0.5, 0.6) is 0 Å². The van der Waals surface area contributed by atoms with Crippen LogP contribution in [0.3, 0.4) is 0 Å². The summed E-state index contributed by atoms with van der Waals surface area (Å²) in [5.74, 6) is 0. The second kappa shape index (κ2) is 19.5. The summed E-state index contributed by atoms with van der Waals surface area (Å²) in [6.45, 7) is 22.8. The Hall–Kier alpha value is -8.54. The van der Waals surface area contributed by atoms with E-state index in [0.717, 1.165) is 72.9 Å². The number of anilines is 8. The Bertz CT molecular complexity index is 3950. The maximum Gasteiger partial charge on any atom is 0.198 e. The highest BCUT2D eigenvalue weighted by atomic mass is 16.3. The molecule has 0 spiro atoms. The predicted octanol–water partition coefficient (Wildman–Crippen LogP) is 19.2. The number of nitrogens with zero attached hydrogens (tertiary/aromatic N) is 2. The van der Waals surface area contributed by atoms with Crippen molar-refractivity contribution in [3.05, 3.63) is 241 Å². The molecule has 11 aromatic rings. The standard InChI is InChI=1S/C73H68BN3O/c1-47-43-54(73(8,9)10)32-42-64(47)77-65-44-51(49-21-15-12-16-22-49)27-40-62(65)74-69-61(46-67-68(70(69)77)59-23-17-18-24-66(59)78-67)60-45-58(39-41-63(60)75-55-33-25-50(26-34-55)48-19-13-11-14-20-48)76(56-35-28-52(29-36-56)71(2,3)4)57-37-30-53(31-38-57)72(5,6)7/h11-46,74-75H,1-10H3. The second-order valence-electron chi connectivity index (χ2n) is 24.4. The highest BCUT2D eigenvalue weighted by molar-refractivity contribution is 6.74. The lowest BCUT2D eigenvalue weighted by molar-refractivity contribution is 0.589. The lowest BCUT2D eigenvalue weighted by atomic mass is 9.57. The first kappa shape index (κ1) is 50.3. The van der Waals surface area contributed by atoms with Crippen LogP contribution in [-0.2, 0) is 16.2 Å². The third-order valence-electron chi connectivity index (χ3n) is 15.9. The van der Waals surface area contributed by atoms with E-state index < -0.39 is 0 Å². The molecule has 0 amide bonds. The Balaban J connectivity index is 1.14. The monoisotopic (exact) mass is 1010 g/mol. The van der Waals surface area contributed by atoms with Crippen LogP contribution in [0.25, 0.3) is 55.3 Å². The molecule has 0 unspecified atom stereocenters. The molecule has 10 aromatic carbocycles. The average Bonchev–Trinajstić information content (AvgIpc) is 3.90. The van der Waals surface area contributed by atoms with Gasteiger partial charge in [0.15, 0.2) is 7.28 Å². The number of fused-ring (bicyclic) bond motifs is 6. The summed E-state index contributed by atoms with van der Waals surface area (Å²) in [5.41, 5.74) is 24.9. The van der Waals surface area contributed by atoms with Gasteiger partial charge in [-0.3, -0.25) is 0 Å². The molecular weight excluding hydrogens is 946 g/mol. The van der Waals surface area contributed by atoms with Gasteiger partial charge < -0.3 is 19.5 Å². The number of para-hydroxylation sites is 1. The minimum absolute atomic E-state index is 0.00861. The van der Waals surface area contributed by atoms with Crippen LogP contribution in [0.15, 0.2) is 223 Å². The van der Waals surface area contributed by atoms with Gasteiger partial charge >= 0.3 is 0 Å². The van der Waals surface area contributed by atoms with Crippen LogP contribution in [-0.4, -0.2) is 7.28 Å². The van der Waals surface area contributed by atoms with Gasteiger partial charge in [0.1, 0.15) is 11.2 Å². The van der Waals surface area contributed by atoms with E-state index in [2.05, 4.69) is 303 Å². The molecule has 78 heavy (non-hydrogen) atoms. The molecule has 0 atom stereocenters. The highest BCUT2D eigenvalue weighted by Gasteiger charge is 2.34. The average molecular weight is 1010 g/mol. The summed E-state index contributed by atoms with van der Waals surface area (Å²) in [5, 5.41) is 6.19. The van der Waals surface area contributed by atoms with E-state index in [4.69, 9.17) is 4.42 Å². The van der Waals surface area contributed by atoms with Crippen molar-refractivity contribution in [3.8, 4) is 33.4 Å². The van der Waals surface area contributed by atoms with Crippen LogP contribution in [0.2, 0.25) is 0 Å². The number of nitrogens with one attached hydrogen (secondary N) is 1. The molecule has 1 N–H and O–H groups in total. The predicted molar refractivity (Wildman–Crippen MR) is 336 cm³/mol. The Morgan fingerprint density at radius 1 is 0.436 bits per heavy atom. The van der Waals surface area contributed by atoms with Crippen LogP contribution in [0, 0.1) is 6.92 Å². The van der Waals surface area contributed by atoms with Crippen LogP contribution in [0.4, 0.5) is 45.5 Å². The van der Waals surface area contributed by atoms with Crippen molar-refractivity contribution < 1.29 is 4.42 Å². The van der Waals surface area contributed by atoms with Crippen LogP contribution < -0.4 is 26.0 Å². The summed E-state index contributed by atoms with van der Waals surface area (Å²) in [7, 11) is 0.710. The fourth-order valence-corrected chi connectivity index (χ4v) is 11.4.